The largest absolute Gasteiger partial charge is 4.00 e. The van der Waals surface area contributed by atoms with E-state index in [1.807, 2.05) is 0 Å². The number of hydrogen-bond acceptors (Lipinski definition) is 3. The summed E-state index contributed by atoms with van der Waals surface area (Å²) >= 11 is 0. The number of hydrogen-bond donors (Lipinski definition) is 0. The van der Waals surface area contributed by atoms with Gasteiger partial charge in [-0.05, 0) is 0 Å². The standard InChI is InChI=1S/CHF3O3S.H2O.Th/c2-1(3,4)8(5,6)7;;/h(H,5,6,7);1H2;/q;;+4/p-1. The molecule has 9 heteroatoms. The van der Waals surface area contributed by atoms with Crippen molar-refractivity contribution in [2.45, 2.75) is 5.51 Å². The van der Waals surface area contributed by atoms with Crippen molar-refractivity contribution >= 4 is 10.1 Å². The normalized spacial score (nSPS) is 11.2. The molecule has 58 valence electrons. The summed E-state index contributed by atoms with van der Waals surface area (Å²) in [5.74, 6) is 0. The summed E-state index contributed by atoms with van der Waals surface area (Å²) in [4.78, 5) is 0. The van der Waals surface area contributed by atoms with E-state index >= 15 is 0 Å². The first-order valence-electron chi connectivity index (χ1n) is 1.27. The van der Waals surface area contributed by atoms with Crippen molar-refractivity contribution in [1.29, 1.82) is 0 Å². The van der Waals surface area contributed by atoms with Gasteiger partial charge < -0.3 is 10.0 Å². The van der Waals surface area contributed by atoms with Crippen LogP contribution in [0, 0.1) is 39.9 Å². The van der Waals surface area contributed by atoms with Crippen LogP contribution in [-0.4, -0.2) is 24.0 Å². The van der Waals surface area contributed by atoms with Gasteiger partial charge in [0.25, 0.3) is 0 Å². The average molecular weight is 399 g/mol. The monoisotopic (exact) mass is 399 g/mol. The molecule has 2 N–H and O–H groups in total. The van der Waals surface area contributed by atoms with E-state index in [0.717, 1.165) is 0 Å². The van der Waals surface area contributed by atoms with Crippen molar-refractivity contribution in [1.82, 2.24) is 0 Å². The summed E-state index contributed by atoms with van der Waals surface area (Å²) in [5, 5.41) is 0. The predicted molar refractivity (Wildman–Crippen MR) is 19.4 cm³/mol. The van der Waals surface area contributed by atoms with Gasteiger partial charge in [0.1, 0.15) is 0 Å². The van der Waals surface area contributed by atoms with Crippen LogP contribution in [0.25, 0.3) is 0 Å². The van der Waals surface area contributed by atoms with E-state index in [1.165, 1.54) is 0 Å². The molecule has 0 saturated heterocycles. The van der Waals surface area contributed by atoms with Crippen LogP contribution in [0.1, 0.15) is 0 Å². The van der Waals surface area contributed by atoms with Crippen LogP contribution >= 0.6 is 0 Å². The Balaban J connectivity index is -0.000000245. The molecule has 0 atom stereocenters. The van der Waals surface area contributed by atoms with E-state index in [1.54, 1.807) is 0 Å². The molecule has 4 nitrogen and oxygen atoms in total. The Morgan fingerprint density at radius 2 is 1.30 bits per heavy atom. The van der Waals surface area contributed by atoms with Gasteiger partial charge in [-0.15, -0.1) is 0 Å². The predicted octanol–water partition coefficient (Wildman–Crippen LogP) is -0.773. The van der Waals surface area contributed by atoms with Crippen molar-refractivity contribution < 1.29 is 71.6 Å². The second kappa shape index (κ2) is 4.78. The summed E-state index contributed by atoms with van der Waals surface area (Å²) in [5.41, 5.74) is -5.65. The minimum absolute atomic E-state index is 0. The SMILES string of the molecule is O.O=S(=O)([O-])C(F)(F)F.[Th+4]. The van der Waals surface area contributed by atoms with E-state index < -0.39 is 15.6 Å². The van der Waals surface area contributed by atoms with Crippen molar-refractivity contribution in [2.24, 2.45) is 0 Å². The molecule has 0 amide bonds. The number of rotatable bonds is 0. The molecule has 0 fully saturated rings. The fourth-order valence-corrected chi connectivity index (χ4v) is 0. The fraction of sp³-hybridized carbons (Fsp3) is 1.00. The van der Waals surface area contributed by atoms with Crippen molar-refractivity contribution in [3.8, 4) is 0 Å². The molecule has 0 spiro atoms. The molecule has 10 heavy (non-hydrogen) atoms. The number of halogens is 3. The average Bonchev–Trinajstić information content (AvgIpc) is 1.25. The van der Waals surface area contributed by atoms with Gasteiger partial charge in [-0.1, -0.05) is 0 Å². The molecule has 0 aliphatic heterocycles. The van der Waals surface area contributed by atoms with E-state index in [4.69, 9.17) is 13.0 Å². The third kappa shape index (κ3) is 5.75. The van der Waals surface area contributed by atoms with Crippen molar-refractivity contribution in [3.63, 3.8) is 0 Å². The molecule has 0 radical (unpaired) electrons. The Kier molecular flexibility index (Phi) is 8.21. The molecule has 0 saturated carbocycles. The summed E-state index contributed by atoms with van der Waals surface area (Å²) in [6, 6.07) is 0. The molecule has 0 aromatic rings. The van der Waals surface area contributed by atoms with Crippen LogP contribution in [0.2, 0.25) is 0 Å². The van der Waals surface area contributed by atoms with Crippen molar-refractivity contribution in [3.05, 3.63) is 0 Å². The Labute approximate surface area is 86.5 Å². The zero-order chi connectivity index (χ0) is 7.00. The summed E-state index contributed by atoms with van der Waals surface area (Å²) in [7, 11) is -6.09. The maximum absolute atomic E-state index is 10.7. The molecule has 0 aliphatic carbocycles. The molecule has 0 aromatic heterocycles. The van der Waals surface area contributed by atoms with Gasteiger partial charge in [0.05, 0.1) is 0 Å². The smallest absolute Gasteiger partial charge is 0.741 e. The Morgan fingerprint density at radius 3 is 1.30 bits per heavy atom. The van der Waals surface area contributed by atoms with Gasteiger partial charge >= 0.3 is 45.4 Å². The molecular weight excluding hydrogens is 397 g/mol. The zero-order valence-corrected chi connectivity index (χ0v) is 9.19. The molecule has 0 rings (SSSR count). The van der Waals surface area contributed by atoms with Crippen LogP contribution in [0.4, 0.5) is 13.2 Å². The van der Waals surface area contributed by atoms with Crippen LogP contribution in [0.3, 0.4) is 0 Å². The van der Waals surface area contributed by atoms with Crippen molar-refractivity contribution in [2.75, 3.05) is 0 Å². The van der Waals surface area contributed by atoms with Gasteiger partial charge in [0.15, 0.2) is 10.1 Å². The Bertz CT molecular complexity index is 169. The van der Waals surface area contributed by atoms with E-state index in [2.05, 4.69) is 0 Å². The molecule has 0 aromatic carbocycles. The number of alkyl halides is 3. The summed E-state index contributed by atoms with van der Waals surface area (Å²) < 4.78 is 58.9. The quantitative estimate of drug-likeness (QED) is 0.396. The topological polar surface area (TPSA) is 88.7 Å². The van der Waals surface area contributed by atoms with Gasteiger partial charge in [-0.2, -0.15) is 13.2 Å². The summed E-state index contributed by atoms with van der Waals surface area (Å²) in [6.45, 7) is 0. The third-order valence-corrected chi connectivity index (χ3v) is 0.850. The Hall–Kier alpha value is 0.985. The van der Waals surface area contributed by atoms with E-state index in [-0.39, 0.29) is 45.4 Å². The maximum atomic E-state index is 10.7. The minimum Gasteiger partial charge on any atom is -0.741 e. The van der Waals surface area contributed by atoms with Crippen LogP contribution < -0.4 is 0 Å². The van der Waals surface area contributed by atoms with Gasteiger partial charge in [-0.25, -0.2) is 8.42 Å². The van der Waals surface area contributed by atoms with Crippen LogP contribution in [-0.2, 0) is 10.1 Å². The maximum Gasteiger partial charge on any atom is 4.00 e. The first kappa shape index (κ1) is 17.2. The second-order valence-corrected chi connectivity index (χ2v) is 2.27. The first-order chi connectivity index (χ1) is 3.25. The van der Waals surface area contributed by atoms with Gasteiger partial charge in [0.2, 0.25) is 0 Å². The van der Waals surface area contributed by atoms with E-state index in [9.17, 15) is 13.2 Å². The fourth-order valence-electron chi connectivity index (χ4n) is 0. The second-order valence-electron chi connectivity index (χ2n) is 0.900. The molecule has 0 unspecified atom stereocenters. The molecule has 0 aliphatic rings. The molecular formula is CH2F3O4STh+3. The molecule has 0 heterocycles. The van der Waals surface area contributed by atoms with Gasteiger partial charge in [0, 0.05) is 0 Å². The van der Waals surface area contributed by atoms with E-state index in [0.29, 0.717) is 0 Å². The Morgan fingerprint density at radius 1 is 1.20 bits per heavy atom. The first-order valence-corrected chi connectivity index (χ1v) is 2.68. The van der Waals surface area contributed by atoms with Crippen LogP contribution in [0.5, 0.6) is 0 Å². The van der Waals surface area contributed by atoms with Gasteiger partial charge in [-0.3, -0.25) is 0 Å². The summed E-state index contributed by atoms with van der Waals surface area (Å²) in [6.07, 6.45) is 0. The zero-order valence-electron chi connectivity index (χ0n) is 4.27. The van der Waals surface area contributed by atoms with Crippen LogP contribution in [0.15, 0.2) is 0 Å². The third-order valence-electron chi connectivity index (χ3n) is 0.283. The minimum atomic E-state index is -6.09. The molecule has 0 bridgehead atoms.